The Bertz CT molecular complexity index is 865. The summed E-state index contributed by atoms with van der Waals surface area (Å²) in [6, 6.07) is 12.4. The Hall–Kier alpha value is -2.17. The van der Waals surface area contributed by atoms with Gasteiger partial charge in [-0.2, -0.15) is 5.10 Å². The number of pyridine rings is 1. The van der Waals surface area contributed by atoms with Gasteiger partial charge in [0, 0.05) is 40.3 Å². The van der Waals surface area contributed by atoms with Gasteiger partial charge in [0.05, 0.1) is 0 Å². The zero-order valence-corrected chi connectivity index (χ0v) is 16.1. The van der Waals surface area contributed by atoms with E-state index >= 15 is 0 Å². The number of aryl methyl sites for hydroxylation is 1. The van der Waals surface area contributed by atoms with Crippen molar-refractivity contribution in [1.29, 1.82) is 0 Å². The van der Waals surface area contributed by atoms with Crippen LogP contribution in [0.25, 0.3) is 22.4 Å². The molecule has 1 saturated carbocycles. The molecule has 27 heavy (non-hydrogen) atoms. The van der Waals surface area contributed by atoms with Gasteiger partial charge >= 0.3 is 0 Å². The lowest BCUT2D eigenvalue weighted by Crippen LogP contribution is -2.26. The van der Waals surface area contributed by atoms with Gasteiger partial charge in [-0.3, -0.25) is 10.1 Å². The Morgan fingerprint density at radius 3 is 2.37 bits per heavy atom. The molecule has 0 radical (unpaired) electrons. The van der Waals surface area contributed by atoms with Crippen molar-refractivity contribution in [1.82, 2.24) is 15.2 Å². The molecule has 0 spiro atoms. The van der Waals surface area contributed by atoms with Crippen molar-refractivity contribution in [3.05, 3.63) is 59.5 Å². The molecule has 4 rings (SSSR count). The molecule has 1 aromatic carbocycles. The normalized spacial score (nSPS) is 19.9. The molecule has 0 bridgehead atoms. The number of hydrogen-bond acceptors (Lipinski definition) is 3. The zero-order chi connectivity index (χ0) is 18.6. The predicted octanol–water partition coefficient (Wildman–Crippen LogP) is 5.24. The molecule has 1 aliphatic rings. The molecule has 0 saturated heterocycles. The summed E-state index contributed by atoms with van der Waals surface area (Å²) in [5.41, 5.74) is 11.6. The largest absolute Gasteiger partial charge is 0.328 e. The van der Waals surface area contributed by atoms with Crippen LogP contribution in [0.4, 0.5) is 0 Å². The highest BCUT2D eigenvalue weighted by Gasteiger charge is 2.21. The average Bonchev–Trinajstić information content (AvgIpc) is 3.13. The highest BCUT2D eigenvalue weighted by atomic mass is 35.5. The molecule has 0 aliphatic heterocycles. The first-order valence-electron chi connectivity index (χ1n) is 9.70. The van der Waals surface area contributed by atoms with Crippen LogP contribution in [0, 0.1) is 5.92 Å². The molecular weight excluding hydrogens is 356 g/mol. The van der Waals surface area contributed by atoms with Crippen LogP contribution in [0.1, 0.15) is 37.8 Å². The van der Waals surface area contributed by atoms with Crippen molar-refractivity contribution in [2.45, 2.75) is 44.6 Å². The van der Waals surface area contributed by atoms with E-state index in [4.69, 9.17) is 17.3 Å². The van der Waals surface area contributed by atoms with Crippen LogP contribution in [0.15, 0.2) is 48.8 Å². The van der Waals surface area contributed by atoms with Crippen molar-refractivity contribution in [2.24, 2.45) is 11.7 Å². The van der Waals surface area contributed by atoms with Gasteiger partial charge in [0.2, 0.25) is 0 Å². The third-order valence-electron chi connectivity index (χ3n) is 5.62. The summed E-state index contributed by atoms with van der Waals surface area (Å²) in [4.78, 5) is 4.17. The smallest absolute Gasteiger partial charge is 0.100 e. The van der Waals surface area contributed by atoms with Gasteiger partial charge in [0.15, 0.2) is 0 Å². The van der Waals surface area contributed by atoms with Crippen molar-refractivity contribution in [3.8, 4) is 22.4 Å². The van der Waals surface area contributed by atoms with Crippen LogP contribution in [-0.2, 0) is 6.42 Å². The van der Waals surface area contributed by atoms with E-state index < -0.39 is 0 Å². The second kappa shape index (κ2) is 8.24. The number of nitrogens with two attached hydrogens (primary N) is 1. The molecule has 0 atom stereocenters. The first kappa shape index (κ1) is 18.2. The van der Waals surface area contributed by atoms with Crippen LogP contribution in [-0.4, -0.2) is 21.2 Å². The second-order valence-electron chi connectivity index (χ2n) is 7.49. The van der Waals surface area contributed by atoms with Gasteiger partial charge in [-0.15, -0.1) is 0 Å². The fourth-order valence-electron chi connectivity index (χ4n) is 4.03. The van der Waals surface area contributed by atoms with Gasteiger partial charge in [-0.25, -0.2) is 0 Å². The summed E-state index contributed by atoms with van der Waals surface area (Å²) >= 11 is 6.06. The summed E-state index contributed by atoms with van der Waals surface area (Å²) in [6.45, 7) is 0. The fourth-order valence-corrected chi connectivity index (χ4v) is 4.16. The maximum atomic E-state index is 6.06. The topological polar surface area (TPSA) is 67.6 Å². The predicted molar refractivity (Wildman–Crippen MR) is 111 cm³/mol. The van der Waals surface area contributed by atoms with Crippen LogP contribution < -0.4 is 5.73 Å². The average molecular weight is 381 g/mol. The van der Waals surface area contributed by atoms with Crippen molar-refractivity contribution in [3.63, 3.8) is 0 Å². The Labute approximate surface area is 165 Å². The van der Waals surface area contributed by atoms with Crippen LogP contribution in [0.3, 0.4) is 0 Å². The minimum absolute atomic E-state index is 0.400. The standard InChI is InChI=1S/C22H25ClN4/c23-18-6-4-17(5-7-18)22-21(16-11-13-25-14-12-16)20(26-27-22)10-3-15-1-8-19(24)9-2-15/h4-7,11-15,19H,1-3,8-10,24H2,(H,26,27). The van der Waals surface area contributed by atoms with Crippen LogP contribution >= 0.6 is 11.6 Å². The third kappa shape index (κ3) is 4.23. The lowest BCUT2D eigenvalue weighted by Gasteiger charge is -2.25. The summed E-state index contributed by atoms with van der Waals surface area (Å²) in [6.07, 6.45) is 10.6. The molecule has 0 amide bonds. The monoisotopic (exact) mass is 380 g/mol. The summed E-state index contributed by atoms with van der Waals surface area (Å²) in [5, 5.41) is 8.70. The summed E-state index contributed by atoms with van der Waals surface area (Å²) in [7, 11) is 0. The quantitative estimate of drug-likeness (QED) is 0.635. The molecule has 0 unspecified atom stereocenters. The molecule has 3 N–H and O–H groups in total. The maximum Gasteiger partial charge on any atom is 0.100 e. The van der Waals surface area contributed by atoms with Crippen molar-refractivity contribution in [2.75, 3.05) is 0 Å². The van der Waals surface area contributed by atoms with Gasteiger partial charge in [0.1, 0.15) is 5.69 Å². The first-order valence-corrected chi connectivity index (χ1v) is 10.1. The number of benzene rings is 1. The highest BCUT2D eigenvalue weighted by molar-refractivity contribution is 6.30. The number of rotatable bonds is 5. The number of hydrogen-bond donors (Lipinski definition) is 2. The summed E-state index contributed by atoms with van der Waals surface area (Å²) in [5.74, 6) is 0.761. The SMILES string of the molecule is NC1CCC(CCc2[nH]nc(-c3ccc(Cl)cc3)c2-c2ccncc2)CC1. The van der Waals surface area contributed by atoms with Crippen LogP contribution in [0.2, 0.25) is 5.02 Å². The van der Waals surface area contributed by atoms with E-state index in [0.717, 1.165) is 47.0 Å². The van der Waals surface area contributed by atoms with Gasteiger partial charge in [-0.05, 0) is 74.3 Å². The zero-order valence-electron chi connectivity index (χ0n) is 15.4. The number of aromatic amines is 1. The Balaban J connectivity index is 1.62. The molecule has 2 aromatic heterocycles. The molecule has 140 valence electrons. The summed E-state index contributed by atoms with van der Waals surface area (Å²) < 4.78 is 0. The molecule has 5 heteroatoms. The minimum Gasteiger partial charge on any atom is -0.328 e. The highest BCUT2D eigenvalue weighted by Crippen LogP contribution is 2.35. The molecule has 1 aliphatic carbocycles. The van der Waals surface area contributed by atoms with E-state index in [2.05, 4.69) is 15.2 Å². The lowest BCUT2D eigenvalue weighted by molar-refractivity contribution is 0.310. The maximum absolute atomic E-state index is 6.06. The first-order chi connectivity index (χ1) is 13.2. The van der Waals surface area contributed by atoms with Crippen molar-refractivity contribution < 1.29 is 0 Å². The number of nitrogens with one attached hydrogen (secondary N) is 1. The van der Waals surface area contributed by atoms with E-state index in [9.17, 15) is 0 Å². The van der Waals surface area contributed by atoms with E-state index in [1.807, 2.05) is 48.8 Å². The Morgan fingerprint density at radius 2 is 1.67 bits per heavy atom. The number of H-pyrrole nitrogens is 1. The van der Waals surface area contributed by atoms with E-state index in [-0.39, 0.29) is 0 Å². The van der Waals surface area contributed by atoms with Gasteiger partial charge in [-0.1, -0.05) is 23.7 Å². The van der Waals surface area contributed by atoms with E-state index in [1.165, 1.54) is 30.5 Å². The van der Waals surface area contributed by atoms with Gasteiger partial charge < -0.3 is 5.73 Å². The second-order valence-corrected chi connectivity index (χ2v) is 7.92. The van der Waals surface area contributed by atoms with E-state index in [0.29, 0.717) is 6.04 Å². The van der Waals surface area contributed by atoms with Gasteiger partial charge in [0.25, 0.3) is 0 Å². The lowest BCUT2D eigenvalue weighted by atomic mass is 9.83. The fraction of sp³-hybridized carbons (Fsp3) is 0.364. The number of aromatic nitrogens is 3. The Kier molecular flexibility index (Phi) is 5.55. The molecule has 1 fully saturated rings. The van der Waals surface area contributed by atoms with Crippen molar-refractivity contribution >= 4 is 11.6 Å². The van der Waals surface area contributed by atoms with E-state index in [1.54, 1.807) is 0 Å². The van der Waals surface area contributed by atoms with Crippen LogP contribution in [0.5, 0.6) is 0 Å². The number of nitrogens with zero attached hydrogens (tertiary/aromatic N) is 2. The molecular formula is C22H25ClN4. The minimum atomic E-state index is 0.400. The number of halogens is 1. The Morgan fingerprint density at radius 1 is 0.963 bits per heavy atom. The molecule has 4 nitrogen and oxygen atoms in total. The third-order valence-corrected chi connectivity index (χ3v) is 5.87. The molecule has 2 heterocycles. The molecule has 3 aromatic rings.